The summed E-state index contributed by atoms with van der Waals surface area (Å²) in [7, 11) is 1.97. The summed E-state index contributed by atoms with van der Waals surface area (Å²) in [6, 6.07) is 6.09. The molecule has 1 aliphatic rings. The fraction of sp³-hybridized carbons (Fsp3) is 0.273. The summed E-state index contributed by atoms with van der Waals surface area (Å²) >= 11 is 5.90. The predicted octanol–water partition coefficient (Wildman–Crippen LogP) is 2.50. The molecule has 1 N–H and O–H groups in total. The van der Waals surface area contributed by atoms with Gasteiger partial charge in [0.25, 0.3) is 0 Å². The molecule has 0 bridgehead atoms. The molecule has 0 saturated carbocycles. The highest BCUT2D eigenvalue weighted by Gasteiger charge is 2.11. The minimum absolute atomic E-state index is 0.820. The lowest BCUT2D eigenvalue weighted by molar-refractivity contribution is 0.866. The van der Waals surface area contributed by atoms with Crippen molar-refractivity contribution in [2.45, 2.75) is 6.42 Å². The van der Waals surface area contributed by atoms with Crippen molar-refractivity contribution in [1.29, 1.82) is 0 Å². The molecule has 1 aromatic rings. The van der Waals surface area contributed by atoms with Crippen LogP contribution in [0.15, 0.2) is 23.8 Å². The zero-order valence-electron chi connectivity index (χ0n) is 7.60. The lowest BCUT2D eigenvalue weighted by Gasteiger charge is -1.99. The van der Waals surface area contributed by atoms with E-state index in [1.807, 2.05) is 19.2 Å². The van der Waals surface area contributed by atoms with E-state index < -0.39 is 0 Å². The Morgan fingerprint density at radius 3 is 3.08 bits per heavy atom. The SMILES string of the molecule is CNCC1=Cc2cc(Cl)ccc2C1. The number of hydrogen-bond donors (Lipinski definition) is 1. The Hall–Kier alpha value is -0.790. The third kappa shape index (κ3) is 1.77. The Bertz CT molecular complexity index is 355. The van der Waals surface area contributed by atoms with E-state index in [2.05, 4.69) is 17.5 Å². The molecule has 0 radical (unpaired) electrons. The van der Waals surface area contributed by atoms with Crippen LogP contribution in [0.5, 0.6) is 0 Å². The second kappa shape index (κ2) is 3.52. The zero-order chi connectivity index (χ0) is 9.26. The second-order valence-electron chi connectivity index (χ2n) is 3.35. The first-order valence-electron chi connectivity index (χ1n) is 4.42. The average Bonchev–Trinajstić information content (AvgIpc) is 2.46. The van der Waals surface area contributed by atoms with Crippen LogP contribution in [0.3, 0.4) is 0 Å². The number of benzene rings is 1. The highest BCUT2D eigenvalue weighted by molar-refractivity contribution is 6.30. The minimum Gasteiger partial charge on any atom is -0.316 e. The van der Waals surface area contributed by atoms with Gasteiger partial charge in [0.05, 0.1) is 0 Å². The molecule has 2 rings (SSSR count). The van der Waals surface area contributed by atoms with Crippen LogP contribution in [0.1, 0.15) is 11.1 Å². The molecule has 0 saturated heterocycles. The van der Waals surface area contributed by atoms with Gasteiger partial charge in [-0.2, -0.15) is 0 Å². The summed E-state index contributed by atoms with van der Waals surface area (Å²) in [6.45, 7) is 0.965. The number of fused-ring (bicyclic) bond motifs is 1. The molecule has 0 unspecified atom stereocenters. The molecule has 0 amide bonds. The lowest BCUT2D eigenvalue weighted by atomic mass is 10.1. The number of rotatable bonds is 2. The van der Waals surface area contributed by atoms with Crippen LogP contribution in [-0.4, -0.2) is 13.6 Å². The van der Waals surface area contributed by atoms with Crippen LogP contribution in [-0.2, 0) is 6.42 Å². The predicted molar refractivity (Wildman–Crippen MR) is 57.1 cm³/mol. The molecular weight excluding hydrogens is 182 g/mol. The third-order valence-corrected chi connectivity index (χ3v) is 2.52. The largest absolute Gasteiger partial charge is 0.316 e. The Morgan fingerprint density at radius 1 is 1.46 bits per heavy atom. The van der Waals surface area contributed by atoms with E-state index in [9.17, 15) is 0 Å². The molecule has 0 heterocycles. The minimum atomic E-state index is 0.820. The molecule has 2 heteroatoms. The normalized spacial score (nSPS) is 14.2. The lowest BCUT2D eigenvalue weighted by Crippen LogP contribution is -2.09. The van der Waals surface area contributed by atoms with E-state index >= 15 is 0 Å². The van der Waals surface area contributed by atoms with E-state index in [0.717, 1.165) is 18.0 Å². The van der Waals surface area contributed by atoms with Crippen molar-refractivity contribution in [1.82, 2.24) is 5.32 Å². The van der Waals surface area contributed by atoms with Crippen molar-refractivity contribution in [2.24, 2.45) is 0 Å². The Kier molecular flexibility index (Phi) is 2.38. The molecule has 13 heavy (non-hydrogen) atoms. The summed E-state index contributed by atoms with van der Waals surface area (Å²) in [5.41, 5.74) is 4.09. The van der Waals surface area contributed by atoms with Crippen LogP contribution < -0.4 is 5.32 Å². The molecule has 1 nitrogen and oxygen atoms in total. The maximum absolute atomic E-state index is 5.90. The number of hydrogen-bond acceptors (Lipinski definition) is 1. The number of nitrogens with one attached hydrogen (secondary N) is 1. The molecule has 1 aliphatic carbocycles. The molecule has 1 aromatic carbocycles. The fourth-order valence-electron chi connectivity index (χ4n) is 1.72. The van der Waals surface area contributed by atoms with Crippen LogP contribution >= 0.6 is 11.6 Å². The Morgan fingerprint density at radius 2 is 2.31 bits per heavy atom. The monoisotopic (exact) mass is 193 g/mol. The van der Waals surface area contributed by atoms with Gasteiger partial charge < -0.3 is 5.32 Å². The first kappa shape index (κ1) is 8.79. The van der Waals surface area contributed by atoms with Crippen molar-refractivity contribution < 1.29 is 0 Å². The first-order valence-corrected chi connectivity index (χ1v) is 4.80. The van der Waals surface area contributed by atoms with E-state index in [-0.39, 0.29) is 0 Å². The van der Waals surface area contributed by atoms with Crippen molar-refractivity contribution in [2.75, 3.05) is 13.6 Å². The summed E-state index contributed by atoms with van der Waals surface area (Å²) in [4.78, 5) is 0. The Balaban J connectivity index is 2.27. The van der Waals surface area contributed by atoms with Crippen LogP contribution in [0, 0.1) is 0 Å². The van der Waals surface area contributed by atoms with Crippen LogP contribution in [0.2, 0.25) is 5.02 Å². The van der Waals surface area contributed by atoms with Gasteiger partial charge in [0, 0.05) is 11.6 Å². The second-order valence-corrected chi connectivity index (χ2v) is 3.79. The zero-order valence-corrected chi connectivity index (χ0v) is 8.36. The van der Waals surface area contributed by atoms with Gasteiger partial charge in [-0.1, -0.05) is 29.3 Å². The summed E-state index contributed by atoms with van der Waals surface area (Å²) in [5.74, 6) is 0. The maximum atomic E-state index is 5.90. The smallest absolute Gasteiger partial charge is 0.0412 e. The van der Waals surface area contributed by atoms with Gasteiger partial charge in [0.2, 0.25) is 0 Å². The molecule has 0 spiro atoms. The van der Waals surface area contributed by atoms with Gasteiger partial charge in [-0.15, -0.1) is 0 Å². The molecule has 0 aliphatic heterocycles. The van der Waals surface area contributed by atoms with E-state index in [0.29, 0.717) is 0 Å². The third-order valence-electron chi connectivity index (χ3n) is 2.29. The van der Waals surface area contributed by atoms with Gasteiger partial charge in [-0.05, 0) is 36.7 Å². The van der Waals surface area contributed by atoms with Gasteiger partial charge in [0.1, 0.15) is 0 Å². The van der Waals surface area contributed by atoms with Crippen molar-refractivity contribution in [3.63, 3.8) is 0 Å². The van der Waals surface area contributed by atoms with Gasteiger partial charge >= 0.3 is 0 Å². The van der Waals surface area contributed by atoms with E-state index in [1.54, 1.807) is 0 Å². The van der Waals surface area contributed by atoms with Crippen LogP contribution in [0.4, 0.5) is 0 Å². The summed E-state index contributed by atoms with van der Waals surface area (Å²) < 4.78 is 0. The standard InChI is InChI=1S/C11H12ClN/c1-13-7-8-4-9-2-3-11(12)6-10(9)5-8/h2-3,5-6,13H,4,7H2,1H3. The van der Waals surface area contributed by atoms with Crippen molar-refractivity contribution >= 4 is 17.7 Å². The Labute approximate surface area is 83.4 Å². The van der Waals surface area contributed by atoms with E-state index in [4.69, 9.17) is 11.6 Å². The molecular formula is C11H12ClN. The van der Waals surface area contributed by atoms with Crippen molar-refractivity contribution in [3.8, 4) is 0 Å². The van der Waals surface area contributed by atoms with Gasteiger partial charge in [0.15, 0.2) is 0 Å². The quantitative estimate of drug-likeness (QED) is 0.761. The van der Waals surface area contributed by atoms with E-state index in [1.165, 1.54) is 16.7 Å². The molecule has 0 atom stereocenters. The summed E-state index contributed by atoms with van der Waals surface area (Å²) in [5, 5.41) is 3.98. The highest BCUT2D eigenvalue weighted by atomic mass is 35.5. The maximum Gasteiger partial charge on any atom is 0.0412 e. The van der Waals surface area contributed by atoms with Crippen LogP contribution in [0.25, 0.3) is 6.08 Å². The van der Waals surface area contributed by atoms with Gasteiger partial charge in [-0.3, -0.25) is 0 Å². The topological polar surface area (TPSA) is 12.0 Å². The number of likely N-dealkylation sites (N-methyl/N-ethyl adjacent to an activating group) is 1. The number of halogens is 1. The van der Waals surface area contributed by atoms with Crippen molar-refractivity contribution in [3.05, 3.63) is 39.9 Å². The highest BCUT2D eigenvalue weighted by Crippen LogP contribution is 2.26. The van der Waals surface area contributed by atoms with Gasteiger partial charge in [-0.25, -0.2) is 0 Å². The molecule has 0 aromatic heterocycles. The summed E-state index contributed by atoms with van der Waals surface area (Å²) in [6.07, 6.45) is 3.28. The molecule has 68 valence electrons. The fourth-order valence-corrected chi connectivity index (χ4v) is 1.90. The average molecular weight is 194 g/mol. The first-order chi connectivity index (χ1) is 6.29. The molecule has 0 fully saturated rings.